The molecule has 2 amide bonds. The van der Waals surface area contributed by atoms with Gasteiger partial charge in [-0.2, -0.15) is 0 Å². The molecular weight excluding hydrogens is 254 g/mol. The van der Waals surface area contributed by atoms with Crippen LogP contribution in [0.3, 0.4) is 0 Å². The van der Waals surface area contributed by atoms with E-state index in [9.17, 15) is 9.59 Å². The molecule has 1 heterocycles. The Hall–Kier alpha value is -1.63. The zero-order valence-corrected chi connectivity index (χ0v) is 11.4. The van der Waals surface area contributed by atoms with Gasteiger partial charge in [-0.15, -0.1) is 11.3 Å². The van der Waals surface area contributed by atoms with Gasteiger partial charge in [0.2, 0.25) is 0 Å². The number of nitrogens with one attached hydrogen (secondary N) is 2. The summed E-state index contributed by atoms with van der Waals surface area (Å²) in [4.78, 5) is 26.8. The number of aliphatic carboxylic acids is 1. The van der Waals surface area contributed by atoms with Crippen molar-refractivity contribution in [2.75, 3.05) is 0 Å². The highest BCUT2D eigenvalue weighted by atomic mass is 32.1. The van der Waals surface area contributed by atoms with E-state index in [1.807, 2.05) is 12.3 Å². The Morgan fingerprint density at radius 3 is 2.67 bits per heavy atom. The monoisotopic (exact) mass is 271 g/mol. The first-order valence-electron chi connectivity index (χ1n) is 5.58. The first-order valence-corrected chi connectivity index (χ1v) is 6.45. The molecule has 0 spiro atoms. The summed E-state index contributed by atoms with van der Waals surface area (Å²) in [7, 11) is 0. The van der Waals surface area contributed by atoms with E-state index in [0.717, 1.165) is 10.7 Å². The minimum atomic E-state index is -1.25. The van der Waals surface area contributed by atoms with Crippen LogP contribution in [0.25, 0.3) is 0 Å². The van der Waals surface area contributed by atoms with Crippen LogP contribution in [0.5, 0.6) is 0 Å². The number of rotatable bonds is 5. The second kappa shape index (κ2) is 5.81. The standard InChI is InChI=1S/C11H17N3O3S/c1-4-11(3,9(15)16)14-10(17)12-5-8-6-18-7(2)13-8/h6H,4-5H2,1-3H3,(H,15,16)(H2,12,14,17). The van der Waals surface area contributed by atoms with Crippen LogP contribution in [0.4, 0.5) is 4.79 Å². The molecule has 18 heavy (non-hydrogen) atoms. The molecule has 0 saturated heterocycles. The van der Waals surface area contributed by atoms with E-state index >= 15 is 0 Å². The summed E-state index contributed by atoms with van der Waals surface area (Å²) in [6, 6.07) is -0.507. The van der Waals surface area contributed by atoms with E-state index in [-0.39, 0.29) is 6.54 Å². The van der Waals surface area contributed by atoms with Gasteiger partial charge in [-0.1, -0.05) is 6.92 Å². The zero-order valence-electron chi connectivity index (χ0n) is 10.6. The molecule has 1 unspecified atom stereocenters. The SMILES string of the molecule is CCC(C)(NC(=O)NCc1csc(C)n1)C(=O)O. The van der Waals surface area contributed by atoms with Gasteiger partial charge in [-0.05, 0) is 20.3 Å². The molecule has 100 valence electrons. The largest absolute Gasteiger partial charge is 0.480 e. The van der Waals surface area contributed by atoms with Gasteiger partial charge in [-0.3, -0.25) is 0 Å². The molecule has 0 saturated carbocycles. The molecule has 0 aliphatic carbocycles. The molecular formula is C11H17N3O3S. The third kappa shape index (κ3) is 3.69. The number of carbonyl (C=O) groups is 2. The number of urea groups is 1. The number of carboxylic acid groups (broad SMARTS) is 1. The van der Waals surface area contributed by atoms with E-state index in [1.165, 1.54) is 18.3 Å². The average Bonchev–Trinajstić information content (AvgIpc) is 2.72. The molecule has 1 aromatic heterocycles. The normalized spacial score (nSPS) is 13.7. The van der Waals surface area contributed by atoms with E-state index in [0.29, 0.717) is 6.42 Å². The van der Waals surface area contributed by atoms with Gasteiger partial charge in [0.25, 0.3) is 0 Å². The van der Waals surface area contributed by atoms with E-state index in [1.54, 1.807) is 6.92 Å². The van der Waals surface area contributed by atoms with Crippen molar-refractivity contribution in [3.05, 3.63) is 16.1 Å². The van der Waals surface area contributed by atoms with Crippen LogP contribution in [0.1, 0.15) is 31.0 Å². The zero-order chi connectivity index (χ0) is 13.8. The van der Waals surface area contributed by atoms with Gasteiger partial charge in [0.15, 0.2) is 0 Å². The molecule has 0 bridgehead atoms. The average molecular weight is 271 g/mol. The number of hydrogen-bond donors (Lipinski definition) is 3. The molecule has 0 radical (unpaired) electrons. The number of nitrogens with zero attached hydrogens (tertiary/aromatic N) is 1. The van der Waals surface area contributed by atoms with Gasteiger partial charge < -0.3 is 15.7 Å². The summed E-state index contributed by atoms with van der Waals surface area (Å²) in [5, 5.41) is 16.8. The van der Waals surface area contributed by atoms with Crippen LogP contribution >= 0.6 is 11.3 Å². The Labute approximate surface area is 109 Å². The number of carbonyl (C=O) groups excluding carboxylic acids is 1. The van der Waals surface area contributed by atoms with Gasteiger partial charge in [0.1, 0.15) is 5.54 Å². The number of hydrogen-bond acceptors (Lipinski definition) is 4. The smallest absolute Gasteiger partial charge is 0.329 e. The highest BCUT2D eigenvalue weighted by Crippen LogP contribution is 2.09. The first kappa shape index (κ1) is 14.4. The minimum absolute atomic E-state index is 0.287. The molecule has 0 aromatic carbocycles. The maximum absolute atomic E-state index is 11.6. The minimum Gasteiger partial charge on any atom is -0.480 e. The fourth-order valence-corrected chi connectivity index (χ4v) is 1.86. The first-order chi connectivity index (χ1) is 8.37. The maximum Gasteiger partial charge on any atom is 0.329 e. The maximum atomic E-state index is 11.6. The lowest BCUT2D eigenvalue weighted by molar-refractivity contribution is -0.143. The third-order valence-electron chi connectivity index (χ3n) is 2.67. The molecule has 3 N–H and O–H groups in total. The number of aryl methyl sites for hydroxylation is 1. The highest BCUT2D eigenvalue weighted by Gasteiger charge is 2.32. The Morgan fingerprint density at radius 2 is 2.22 bits per heavy atom. The predicted octanol–water partition coefficient (Wildman–Crippen LogP) is 1.50. The van der Waals surface area contributed by atoms with E-state index in [2.05, 4.69) is 15.6 Å². The molecule has 1 rings (SSSR count). The van der Waals surface area contributed by atoms with Crippen molar-refractivity contribution in [2.24, 2.45) is 0 Å². The van der Waals surface area contributed by atoms with Crippen LogP contribution in [-0.4, -0.2) is 27.6 Å². The second-order valence-electron chi connectivity index (χ2n) is 4.16. The quantitative estimate of drug-likeness (QED) is 0.757. The number of carboxylic acids is 1. The molecule has 1 aromatic rings. The van der Waals surface area contributed by atoms with Gasteiger partial charge in [0, 0.05) is 5.38 Å². The van der Waals surface area contributed by atoms with Crippen LogP contribution < -0.4 is 10.6 Å². The molecule has 6 nitrogen and oxygen atoms in total. The van der Waals surface area contributed by atoms with E-state index < -0.39 is 17.5 Å². The van der Waals surface area contributed by atoms with Crippen molar-refractivity contribution in [2.45, 2.75) is 39.3 Å². The Morgan fingerprint density at radius 1 is 1.56 bits per heavy atom. The number of thiazole rings is 1. The van der Waals surface area contributed by atoms with Gasteiger partial charge in [-0.25, -0.2) is 14.6 Å². The van der Waals surface area contributed by atoms with Crippen molar-refractivity contribution < 1.29 is 14.7 Å². The summed E-state index contributed by atoms with van der Waals surface area (Å²) in [5.74, 6) is -1.05. The van der Waals surface area contributed by atoms with E-state index in [4.69, 9.17) is 5.11 Å². The molecule has 0 aliphatic heterocycles. The fraction of sp³-hybridized carbons (Fsp3) is 0.545. The number of aromatic nitrogens is 1. The Balaban J connectivity index is 2.49. The third-order valence-corrected chi connectivity index (χ3v) is 3.49. The van der Waals surface area contributed by atoms with Crippen LogP contribution in [0, 0.1) is 6.92 Å². The predicted molar refractivity (Wildman–Crippen MR) is 68.6 cm³/mol. The van der Waals surface area contributed by atoms with Crippen molar-refractivity contribution in [1.82, 2.24) is 15.6 Å². The Kier molecular flexibility index (Phi) is 4.66. The van der Waals surface area contributed by atoms with Gasteiger partial charge >= 0.3 is 12.0 Å². The van der Waals surface area contributed by atoms with Crippen molar-refractivity contribution >= 4 is 23.3 Å². The Bertz CT molecular complexity index is 446. The summed E-state index contributed by atoms with van der Waals surface area (Å²) < 4.78 is 0. The summed E-state index contributed by atoms with van der Waals surface area (Å²) in [6.45, 7) is 5.35. The van der Waals surface area contributed by atoms with Crippen molar-refractivity contribution in [3.8, 4) is 0 Å². The van der Waals surface area contributed by atoms with Crippen LogP contribution in [-0.2, 0) is 11.3 Å². The van der Waals surface area contributed by atoms with Crippen LogP contribution in [0.2, 0.25) is 0 Å². The summed E-state index contributed by atoms with van der Waals surface area (Å²) in [6.07, 6.45) is 0.311. The number of amides is 2. The van der Waals surface area contributed by atoms with Crippen molar-refractivity contribution in [3.63, 3.8) is 0 Å². The lowest BCUT2D eigenvalue weighted by Crippen LogP contribution is -2.54. The summed E-state index contributed by atoms with van der Waals surface area (Å²) in [5.41, 5.74) is -0.483. The van der Waals surface area contributed by atoms with Crippen LogP contribution in [0.15, 0.2) is 5.38 Å². The topological polar surface area (TPSA) is 91.3 Å². The fourth-order valence-electron chi connectivity index (χ4n) is 1.25. The van der Waals surface area contributed by atoms with Gasteiger partial charge in [0.05, 0.1) is 17.2 Å². The molecule has 0 fully saturated rings. The molecule has 0 aliphatic rings. The lowest BCUT2D eigenvalue weighted by Gasteiger charge is -2.24. The highest BCUT2D eigenvalue weighted by molar-refractivity contribution is 7.09. The molecule has 7 heteroatoms. The molecule has 1 atom stereocenters. The second-order valence-corrected chi connectivity index (χ2v) is 5.22. The summed E-state index contributed by atoms with van der Waals surface area (Å²) >= 11 is 1.50. The lowest BCUT2D eigenvalue weighted by atomic mass is 10.00. The van der Waals surface area contributed by atoms with Crippen molar-refractivity contribution in [1.29, 1.82) is 0 Å².